The van der Waals surface area contributed by atoms with Gasteiger partial charge < -0.3 is 10.2 Å². The zero-order valence-corrected chi connectivity index (χ0v) is 9.95. The lowest BCUT2D eigenvalue weighted by molar-refractivity contribution is 0.119. The van der Waals surface area contributed by atoms with Crippen LogP contribution >= 0.6 is 0 Å². The van der Waals surface area contributed by atoms with Crippen LogP contribution in [0.25, 0.3) is 5.69 Å². The van der Waals surface area contributed by atoms with Crippen molar-refractivity contribution in [2.45, 2.75) is 0 Å². The Bertz CT molecular complexity index is 551. The molecule has 6 heteroatoms. The predicted octanol–water partition coefficient (Wildman–Crippen LogP) is 0.0719. The van der Waals surface area contributed by atoms with Gasteiger partial charge in [0.15, 0.2) is 0 Å². The van der Waals surface area contributed by atoms with Crippen molar-refractivity contribution in [2.75, 3.05) is 31.1 Å². The maximum Gasteiger partial charge on any atom is 0.250 e. The van der Waals surface area contributed by atoms with Crippen LogP contribution in [-0.4, -0.2) is 46.4 Å². The summed E-state index contributed by atoms with van der Waals surface area (Å²) in [6, 6.07) is 10.0. The molecule has 0 bridgehead atoms. The van der Waals surface area contributed by atoms with Crippen molar-refractivity contribution in [2.24, 2.45) is 5.41 Å². The average molecular weight is 242 g/mol. The van der Waals surface area contributed by atoms with E-state index in [2.05, 4.69) is 25.7 Å². The normalized spacial score (nSPS) is 20.6. The SMILES string of the molecule is c1ccc(-n2nnnc2N2CC3(CNC3)C2)cc1. The summed E-state index contributed by atoms with van der Waals surface area (Å²) in [5, 5.41) is 15.4. The summed E-state index contributed by atoms with van der Waals surface area (Å²) in [6.07, 6.45) is 0. The first kappa shape index (κ1) is 10.0. The zero-order chi connectivity index (χ0) is 12.0. The van der Waals surface area contributed by atoms with Crippen LogP contribution in [0, 0.1) is 5.41 Å². The third-order valence-electron chi connectivity index (χ3n) is 3.79. The molecule has 1 N–H and O–H groups in total. The van der Waals surface area contributed by atoms with Crippen LogP contribution in [-0.2, 0) is 0 Å². The van der Waals surface area contributed by atoms with Crippen molar-refractivity contribution in [3.05, 3.63) is 30.3 Å². The second-order valence-electron chi connectivity index (χ2n) is 5.19. The molecule has 18 heavy (non-hydrogen) atoms. The summed E-state index contributed by atoms with van der Waals surface area (Å²) in [4.78, 5) is 2.24. The summed E-state index contributed by atoms with van der Waals surface area (Å²) < 4.78 is 1.80. The van der Waals surface area contributed by atoms with Crippen molar-refractivity contribution in [3.63, 3.8) is 0 Å². The van der Waals surface area contributed by atoms with Crippen LogP contribution in [0.5, 0.6) is 0 Å². The molecule has 0 radical (unpaired) electrons. The molecule has 6 nitrogen and oxygen atoms in total. The number of aromatic nitrogens is 4. The molecule has 2 aliphatic heterocycles. The quantitative estimate of drug-likeness (QED) is 0.807. The largest absolute Gasteiger partial charge is 0.338 e. The maximum absolute atomic E-state index is 4.15. The van der Waals surface area contributed by atoms with Gasteiger partial charge in [-0.05, 0) is 22.6 Å². The van der Waals surface area contributed by atoms with Crippen LogP contribution in [0.3, 0.4) is 0 Å². The maximum atomic E-state index is 4.15. The summed E-state index contributed by atoms with van der Waals surface area (Å²) in [7, 11) is 0. The number of nitrogens with one attached hydrogen (secondary N) is 1. The number of para-hydroxylation sites is 1. The lowest BCUT2D eigenvalue weighted by Crippen LogP contribution is -2.71. The minimum atomic E-state index is 0.480. The number of nitrogens with zero attached hydrogens (tertiary/aromatic N) is 5. The Morgan fingerprint density at radius 1 is 1.11 bits per heavy atom. The van der Waals surface area contributed by atoms with Gasteiger partial charge in [0, 0.05) is 31.6 Å². The fraction of sp³-hybridized carbons (Fsp3) is 0.417. The predicted molar refractivity (Wildman–Crippen MR) is 66.7 cm³/mol. The van der Waals surface area contributed by atoms with Gasteiger partial charge in [-0.3, -0.25) is 0 Å². The Balaban J connectivity index is 1.61. The molecule has 0 atom stereocenters. The second kappa shape index (κ2) is 3.52. The number of benzene rings is 1. The summed E-state index contributed by atoms with van der Waals surface area (Å²) >= 11 is 0. The van der Waals surface area contributed by atoms with Crippen LogP contribution in [0.4, 0.5) is 5.95 Å². The van der Waals surface area contributed by atoms with Crippen molar-refractivity contribution >= 4 is 5.95 Å². The summed E-state index contributed by atoms with van der Waals surface area (Å²) in [5.41, 5.74) is 1.48. The van der Waals surface area contributed by atoms with Gasteiger partial charge in [0.2, 0.25) is 5.95 Å². The highest BCUT2D eigenvalue weighted by atomic mass is 15.6. The van der Waals surface area contributed by atoms with Gasteiger partial charge in [-0.2, -0.15) is 4.68 Å². The van der Waals surface area contributed by atoms with E-state index in [0.717, 1.165) is 37.8 Å². The van der Waals surface area contributed by atoms with Gasteiger partial charge in [0.1, 0.15) is 0 Å². The van der Waals surface area contributed by atoms with Crippen molar-refractivity contribution in [3.8, 4) is 5.69 Å². The first-order valence-corrected chi connectivity index (χ1v) is 6.16. The standard InChI is InChI=1S/C12H14N6/c1-2-4-10(5-3-1)18-11(14-15-16-18)17-8-12(9-17)6-13-7-12/h1-5,13H,6-9H2. The molecular weight excluding hydrogens is 228 g/mol. The van der Waals surface area contributed by atoms with E-state index < -0.39 is 0 Å². The lowest BCUT2D eigenvalue weighted by Gasteiger charge is -2.55. The Kier molecular flexibility index (Phi) is 1.96. The van der Waals surface area contributed by atoms with E-state index in [-0.39, 0.29) is 0 Å². The number of hydrogen-bond acceptors (Lipinski definition) is 5. The number of anilines is 1. The minimum Gasteiger partial charge on any atom is -0.338 e. The van der Waals surface area contributed by atoms with E-state index in [1.807, 2.05) is 30.3 Å². The van der Waals surface area contributed by atoms with E-state index in [9.17, 15) is 0 Å². The van der Waals surface area contributed by atoms with Gasteiger partial charge in [-0.25, -0.2) is 0 Å². The molecular formula is C12H14N6. The molecule has 1 spiro atoms. The van der Waals surface area contributed by atoms with Gasteiger partial charge in [0.05, 0.1) is 5.69 Å². The van der Waals surface area contributed by atoms with Crippen molar-refractivity contribution < 1.29 is 0 Å². The fourth-order valence-electron chi connectivity index (χ4n) is 2.72. The van der Waals surface area contributed by atoms with Crippen LogP contribution in [0.2, 0.25) is 0 Å². The highest BCUT2D eigenvalue weighted by molar-refractivity contribution is 5.44. The molecule has 92 valence electrons. The smallest absolute Gasteiger partial charge is 0.250 e. The molecule has 4 rings (SSSR count). The Hall–Kier alpha value is -1.95. The number of hydrogen-bond donors (Lipinski definition) is 1. The molecule has 2 saturated heterocycles. The molecule has 0 aliphatic carbocycles. The Morgan fingerprint density at radius 3 is 2.56 bits per heavy atom. The second-order valence-corrected chi connectivity index (χ2v) is 5.19. The van der Waals surface area contributed by atoms with Gasteiger partial charge in [-0.1, -0.05) is 23.3 Å². The van der Waals surface area contributed by atoms with E-state index in [0.29, 0.717) is 5.41 Å². The van der Waals surface area contributed by atoms with Crippen molar-refractivity contribution in [1.29, 1.82) is 0 Å². The van der Waals surface area contributed by atoms with E-state index >= 15 is 0 Å². The summed E-state index contributed by atoms with van der Waals surface area (Å²) in [5.74, 6) is 0.846. The molecule has 3 heterocycles. The van der Waals surface area contributed by atoms with Gasteiger partial charge in [-0.15, -0.1) is 0 Å². The Morgan fingerprint density at radius 2 is 1.89 bits per heavy atom. The molecule has 0 saturated carbocycles. The van der Waals surface area contributed by atoms with Crippen LogP contribution in [0.15, 0.2) is 30.3 Å². The highest BCUT2D eigenvalue weighted by Gasteiger charge is 2.49. The first-order valence-electron chi connectivity index (χ1n) is 6.16. The fourth-order valence-corrected chi connectivity index (χ4v) is 2.72. The van der Waals surface area contributed by atoms with Crippen LogP contribution < -0.4 is 10.2 Å². The topological polar surface area (TPSA) is 58.9 Å². The van der Waals surface area contributed by atoms with Crippen LogP contribution in [0.1, 0.15) is 0 Å². The first-order chi connectivity index (χ1) is 8.86. The number of rotatable bonds is 2. The molecule has 2 fully saturated rings. The van der Waals surface area contributed by atoms with E-state index in [1.54, 1.807) is 4.68 Å². The van der Waals surface area contributed by atoms with Gasteiger partial charge in [0.25, 0.3) is 0 Å². The monoisotopic (exact) mass is 242 g/mol. The van der Waals surface area contributed by atoms with E-state index in [4.69, 9.17) is 0 Å². The average Bonchev–Trinajstić information content (AvgIpc) is 2.75. The molecule has 2 aromatic rings. The lowest BCUT2D eigenvalue weighted by atomic mass is 9.75. The molecule has 1 aromatic heterocycles. The zero-order valence-electron chi connectivity index (χ0n) is 9.95. The highest BCUT2D eigenvalue weighted by Crippen LogP contribution is 2.36. The third kappa shape index (κ3) is 1.35. The van der Waals surface area contributed by atoms with E-state index in [1.165, 1.54) is 0 Å². The third-order valence-corrected chi connectivity index (χ3v) is 3.79. The minimum absolute atomic E-state index is 0.480. The molecule has 1 aromatic carbocycles. The molecule has 0 unspecified atom stereocenters. The Labute approximate surface area is 105 Å². The van der Waals surface area contributed by atoms with Gasteiger partial charge >= 0.3 is 0 Å². The summed E-state index contributed by atoms with van der Waals surface area (Å²) in [6.45, 7) is 4.34. The molecule has 2 aliphatic rings. The number of tetrazole rings is 1. The molecule has 0 amide bonds. The van der Waals surface area contributed by atoms with Crippen molar-refractivity contribution in [1.82, 2.24) is 25.5 Å².